The zero-order valence-corrected chi connectivity index (χ0v) is 17.1. The number of nitrogens with one attached hydrogen (secondary N) is 1. The Morgan fingerprint density at radius 3 is 2.29 bits per heavy atom. The molecule has 1 amide bonds. The Labute approximate surface area is 165 Å². The molecule has 0 saturated heterocycles. The van der Waals surface area contributed by atoms with Crippen LogP contribution < -0.4 is 9.50 Å². The summed E-state index contributed by atoms with van der Waals surface area (Å²) in [5.74, 6) is 0.0545. The molecule has 0 aliphatic heterocycles. The van der Waals surface area contributed by atoms with E-state index in [0.29, 0.717) is 5.56 Å². The van der Waals surface area contributed by atoms with Crippen molar-refractivity contribution in [2.24, 2.45) is 0 Å². The first-order valence-electron chi connectivity index (χ1n) is 8.68. The van der Waals surface area contributed by atoms with Crippen molar-refractivity contribution >= 4 is 16.2 Å². The molecule has 2 N–H and O–H groups in total. The summed E-state index contributed by atoms with van der Waals surface area (Å²) in [5.41, 5.74) is -1.74. The van der Waals surface area contributed by atoms with E-state index in [9.17, 15) is 18.3 Å². The highest BCUT2D eigenvalue weighted by Gasteiger charge is 2.26. The van der Waals surface area contributed by atoms with E-state index >= 15 is 0 Å². The van der Waals surface area contributed by atoms with Gasteiger partial charge in [0.05, 0.1) is 6.54 Å². The van der Waals surface area contributed by atoms with Crippen molar-refractivity contribution in [2.45, 2.75) is 43.8 Å². The molecule has 8 heteroatoms. The van der Waals surface area contributed by atoms with Gasteiger partial charge in [-0.1, -0.05) is 30.3 Å². The molecule has 0 radical (unpaired) electrons. The molecule has 1 atom stereocenters. The third-order valence-corrected chi connectivity index (χ3v) is 4.93. The third-order valence-electron chi connectivity index (χ3n) is 3.67. The Kier molecular flexibility index (Phi) is 6.36. The standard InChI is InChI=1S/C20H25NO6S/c1-19(2,3)26-18(22)21-14-20(4,23)15-9-8-10-16(13-15)27-28(24,25)17-11-6-5-7-12-17/h5-13,23H,14H2,1-4H3,(H,21,22). The Morgan fingerprint density at radius 2 is 1.68 bits per heavy atom. The van der Waals surface area contributed by atoms with Crippen LogP contribution in [0.2, 0.25) is 0 Å². The maximum atomic E-state index is 12.4. The smallest absolute Gasteiger partial charge is 0.407 e. The maximum absolute atomic E-state index is 12.4. The Balaban J connectivity index is 2.12. The minimum atomic E-state index is -3.99. The predicted molar refractivity (Wildman–Crippen MR) is 105 cm³/mol. The van der Waals surface area contributed by atoms with Crippen LogP contribution >= 0.6 is 0 Å². The number of benzene rings is 2. The van der Waals surface area contributed by atoms with Crippen LogP contribution in [0.25, 0.3) is 0 Å². The van der Waals surface area contributed by atoms with Crippen molar-refractivity contribution < 1.29 is 27.2 Å². The number of carbonyl (C=O) groups excluding carboxylic acids is 1. The van der Waals surface area contributed by atoms with Gasteiger partial charge in [-0.15, -0.1) is 0 Å². The molecule has 1 unspecified atom stereocenters. The second kappa shape index (κ2) is 8.20. The fraction of sp³-hybridized carbons (Fsp3) is 0.350. The van der Waals surface area contributed by atoms with Gasteiger partial charge >= 0.3 is 16.2 Å². The molecule has 28 heavy (non-hydrogen) atoms. The molecule has 0 bridgehead atoms. The van der Waals surface area contributed by atoms with Crippen LogP contribution in [0.5, 0.6) is 5.75 Å². The monoisotopic (exact) mass is 407 g/mol. The van der Waals surface area contributed by atoms with E-state index in [4.69, 9.17) is 8.92 Å². The average molecular weight is 407 g/mol. The summed E-state index contributed by atoms with van der Waals surface area (Å²) < 4.78 is 35.0. The Morgan fingerprint density at radius 1 is 1.04 bits per heavy atom. The van der Waals surface area contributed by atoms with Crippen molar-refractivity contribution in [2.75, 3.05) is 6.54 Å². The number of hydrogen-bond acceptors (Lipinski definition) is 6. The van der Waals surface area contributed by atoms with Crippen molar-refractivity contribution in [3.8, 4) is 5.75 Å². The second-order valence-corrected chi connectivity index (χ2v) is 9.05. The lowest BCUT2D eigenvalue weighted by molar-refractivity contribution is 0.0316. The van der Waals surface area contributed by atoms with Gasteiger partial charge in [0.15, 0.2) is 0 Å². The van der Waals surface area contributed by atoms with Crippen LogP contribution in [0.4, 0.5) is 4.79 Å². The van der Waals surface area contributed by atoms with Gasteiger partial charge in [-0.05, 0) is 57.5 Å². The molecule has 0 saturated carbocycles. The summed E-state index contributed by atoms with van der Waals surface area (Å²) in [4.78, 5) is 11.8. The highest BCUT2D eigenvalue weighted by molar-refractivity contribution is 7.87. The molecule has 2 aromatic rings. The molecule has 0 aromatic heterocycles. The molecule has 2 rings (SSSR count). The minimum Gasteiger partial charge on any atom is -0.444 e. The van der Waals surface area contributed by atoms with Gasteiger partial charge in [0.25, 0.3) is 0 Å². The number of rotatable bonds is 6. The lowest BCUT2D eigenvalue weighted by Crippen LogP contribution is -2.41. The van der Waals surface area contributed by atoms with Crippen molar-refractivity contribution in [1.29, 1.82) is 0 Å². The average Bonchev–Trinajstić information content (AvgIpc) is 2.59. The minimum absolute atomic E-state index is 0.0266. The highest BCUT2D eigenvalue weighted by atomic mass is 32.2. The van der Waals surface area contributed by atoms with Crippen molar-refractivity contribution in [1.82, 2.24) is 5.32 Å². The van der Waals surface area contributed by atoms with E-state index < -0.39 is 27.4 Å². The van der Waals surface area contributed by atoms with Crippen molar-refractivity contribution in [3.05, 3.63) is 60.2 Å². The summed E-state index contributed by atoms with van der Waals surface area (Å²) in [6.45, 7) is 6.57. The summed E-state index contributed by atoms with van der Waals surface area (Å²) in [6.07, 6.45) is -0.660. The van der Waals surface area contributed by atoms with E-state index in [1.54, 1.807) is 51.1 Å². The largest absolute Gasteiger partial charge is 0.444 e. The molecule has 0 aliphatic carbocycles. The summed E-state index contributed by atoms with van der Waals surface area (Å²) in [5, 5.41) is 13.2. The zero-order valence-electron chi connectivity index (χ0n) is 16.3. The van der Waals surface area contributed by atoms with Crippen LogP contribution in [0.3, 0.4) is 0 Å². The fourth-order valence-corrected chi connectivity index (χ4v) is 3.25. The van der Waals surface area contributed by atoms with Crippen LogP contribution in [0, 0.1) is 0 Å². The van der Waals surface area contributed by atoms with Crippen molar-refractivity contribution in [3.63, 3.8) is 0 Å². The Hall–Kier alpha value is -2.58. The first-order chi connectivity index (χ1) is 12.9. The molecule has 0 spiro atoms. The lowest BCUT2D eigenvalue weighted by Gasteiger charge is -2.26. The van der Waals surface area contributed by atoms with E-state index in [0.717, 1.165) is 0 Å². The zero-order chi connectivity index (χ0) is 21.0. The van der Waals surface area contributed by atoms with Gasteiger partial charge in [-0.3, -0.25) is 0 Å². The number of amides is 1. The fourth-order valence-electron chi connectivity index (χ4n) is 2.31. The molecule has 0 fully saturated rings. The number of carbonyl (C=O) groups is 1. The molecule has 0 heterocycles. The van der Waals surface area contributed by atoms with Gasteiger partial charge in [-0.2, -0.15) is 8.42 Å². The quantitative estimate of drug-likeness (QED) is 0.713. The maximum Gasteiger partial charge on any atom is 0.407 e. The van der Waals surface area contributed by atoms with Gasteiger partial charge in [0.1, 0.15) is 21.8 Å². The first kappa shape index (κ1) is 21.7. The summed E-state index contributed by atoms with van der Waals surface area (Å²) in [7, 11) is -3.99. The van der Waals surface area contributed by atoms with Crippen LogP contribution in [-0.2, 0) is 20.5 Å². The first-order valence-corrected chi connectivity index (χ1v) is 10.1. The second-order valence-electron chi connectivity index (χ2n) is 7.51. The molecule has 7 nitrogen and oxygen atoms in total. The molecular weight excluding hydrogens is 382 g/mol. The highest BCUT2D eigenvalue weighted by Crippen LogP contribution is 2.26. The van der Waals surface area contributed by atoms with Crippen LogP contribution in [-0.4, -0.2) is 31.8 Å². The van der Waals surface area contributed by atoms with Gasteiger partial charge < -0.3 is 19.3 Å². The van der Waals surface area contributed by atoms with Crippen LogP contribution in [0.15, 0.2) is 59.5 Å². The van der Waals surface area contributed by atoms with E-state index in [1.807, 2.05) is 0 Å². The van der Waals surface area contributed by atoms with E-state index in [2.05, 4.69) is 5.32 Å². The number of ether oxygens (including phenoxy) is 1. The topological polar surface area (TPSA) is 102 Å². The molecule has 0 aliphatic rings. The predicted octanol–water partition coefficient (Wildman–Crippen LogP) is 3.19. The molecular formula is C20H25NO6S. The number of aliphatic hydroxyl groups is 1. The summed E-state index contributed by atoms with van der Waals surface area (Å²) in [6, 6.07) is 13.8. The summed E-state index contributed by atoms with van der Waals surface area (Å²) >= 11 is 0. The SMILES string of the molecule is CC(C)(C)OC(=O)NCC(C)(O)c1cccc(OS(=O)(=O)c2ccccc2)c1. The van der Waals surface area contributed by atoms with Gasteiger partial charge in [0.2, 0.25) is 0 Å². The Bertz CT molecular complexity index is 917. The molecule has 2 aromatic carbocycles. The third kappa shape index (κ3) is 6.24. The molecule has 152 valence electrons. The van der Waals surface area contributed by atoms with E-state index in [1.165, 1.54) is 31.2 Å². The van der Waals surface area contributed by atoms with E-state index in [-0.39, 0.29) is 17.2 Å². The lowest BCUT2D eigenvalue weighted by atomic mass is 9.96. The van der Waals surface area contributed by atoms with Gasteiger partial charge in [-0.25, -0.2) is 4.79 Å². The van der Waals surface area contributed by atoms with Gasteiger partial charge in [0, 0.05) is 0 Å². The normalized spacial score (nSPS) is 14.0. The number of hydrogen-bond donors (Lipinski definition) is 2. The van der Waals surface area contributed by atoms with Crippen LogP contribution in [0.1, 0.15) is 33.3 Å². The number of alkyl carbamates (subject to hydrolysis) is 1.